The third kappa shape index (κ3) is 12.2. The Labute approximate surface area is 327 Å². The summed E-state index contributed by atoms with van der Waals surface area (Å²) in [5.74, 6) is -0.464. The highest BCUT2D eigenvalue weighted by molar-refractivity contribution is 7.82. The fraction of sp³-hybridized carbons (Fsp3) is 0.588. The third-order valence-electron chi connectivity index (χ3n) is 9.02. The monoisotopic (exact) mass is 841 g/mol. The number of piperazine rings is 1. The zero-order valence-corrected chi connectivity index (χ0v) is 32.7. The summed E-state index contributed by atoms with van der Waals surface area (Å²) in [6, 6.07) is 1.44. The van der Waals surface area contributed by atoms with Crippen LogP contribution in [0.4, 0.5) is 38.0 Å². The summed E-state index contributed by atoms with van der Waals surface area (Å²) in [5.41, 5.74) is -0.808. The molecule has 0 bridgehead atoms. The minimum absolute atomic E-state index is 0.0160. The molecule has 3 aromatic rings. The van der Waals surface area contributed by atoms with E-state index in [1.807, 2.05) is 24.9 Å². The quantitative estimate of drug-likeness (QED) is 0.192. The van der Waals surface area contributed by atoms with Gasteiger partial charge in [0, 0.05) is 68.6 Å². The molecule has 1 aromatic carbocycles. The predicted octanol–water partition coefficient (Wildman–Crippen LogP) is 5.26. The Morgan fingerprint density at radius 3 is 2.21 bits per heavy atom. The number of anilines is 2. The number of amides is 2. The molecule has 0 spiro atoms. The van der Waals surface area contributed by atoms with E-state index in [-0.39, 0.29) is 46.4 Å². The molecule has 2 atom stereocenters. The average Bonchev–Trinajstić information content (AvgIpc) is 3.52. The fourth-order valence-electron chi connectivity index (χ4n) is 6.47. The number of nitrogens with one attached hydrogen (secondary N) is 2. The highest BCUT2D eigenvalue weighted by atomic mass is 35.5. The van der Waals surface area contributed by atoms with Crippen LogP contribution in [0.25, 0.3) is 10.9 Å². The van der Waals surface area contributed by atoms with Gasteiger partial charge in [0.25, 0.3) is 5.91 Å². The van der Waals surface area contributed by atoms with Crippen molar-refractivity contribution in [2.75, 3.05) is 69.0 Å². The third-order valence-corrected chi connectivity index (χ3v) is 10.9. The van der Waals surface area contributed by atoms with Gasteiger partial charge in [0.1, 0.15) is 12.8 Å². The molecule has 2 unspecified atom stereocenters. The van der Waals surface area contributed by atoms with Gasteiger partial charge in [-0.1, -0.05) is 25.4 Å². The van der Waals surface area contributed by atoms with E-state index in [9.17, 15) is 40.1 Å². The van der Waals surface area contributed by atoms with Crippen LogP contribution in [0.5, 0.6) is 5.75 Å². The molecule has 6 rings (SSSR count). The molecule has 312 valence electrons. The van der Waals surface area contributed by atoms with Crippen LogP contribution >= 0.6 is 11.6 Å². The summed E-state index contributed by atoms with van der Waals surface area (Å²) in [5, 5.41) is 9.80. The second-order valence-corrected chi connectivity index (χ2v) is 14.2. The van der Waals surface area contributed by atoms with Crippen LogP contribution in [0.3, 0.4) is 0 Å². The van der Waals surface area contributed by atoms with E-state index in [1.54, 1.807) is 4.90 Å². The Balaban J connectivity index is 0.00000134. The number of carbonyl (C=O) groups is 3. The number of fused-ring (bicyclic) bond motifs is 1. The lowest BCUT2D eigenvalue weighted by molar-refractivity contribution is -0.137. The van der Waals surface area contributed by atoms with E-state index in [0.717, 1.165) is 6.07 Å². The summed E-state index contributed by atoms with van der Waals surface area (Å²) in [7, 11) is -0.688. The lowest BCUT2D eigenvalue weighted by Crippen LogP contribution is -2.47. The van der Waals surface area contributed by atoms with Crippen molar-refractivity contribution in [1.29, 1.82) is 0 Å². The SMILES string of the molecule is C=O.CC.CF.O=C1CCC(n2nc(Cl)c3cc(N4CCN(CCCS(=O)N5CCC(Nc6ncc(OC(F)F)cn6)CC5)CC4)c(C(F)(F)F)cc32)C(=O)N1. The van der Waals surface area contributed by atoms with Crippen molar-refractivity contribution in [1.82, 2.24) is 34.3 Å². The highest BCUT2D eigenvalue weighted by Gasteiger charge is 2.38. The Morgan fingerprint density at radius 2 is 1.64 bits per heavy atom. The van der Waals surface area contributed by atoms with Crippen LogP contribution in [0.2, 0.25) is 5.15 Å². The van der Waals surface area contributed by atoms with Gasteiger partial charge in [-0.2, -0.15) is 27.1 Å². The molecule has 0 radical (unpaired) electrons. The van der Waals surface area contributed by atoms with Gasteiger partial charge in [0.05, 0.1) is 41.6 Å². The van der Waals surface area contributed by atoms with Crippen molar-refractivity contribution in [3.8, 4) is 5.75 Å². The van der Waals surface area contributed by atoms with Gasteiger partial charge in [-0.3, -0.25) is 28.9 Å². The largest absolute Gasteiger partial charge is 0.432 e. The lowest BCUT2D eigenvalue weighted by atomic mass is 10.0. The molecule has 22 heteroatoms. The molecular weight excluding hydrogens is 796 g/mol. The number of alkyl halides is 6. The molecule has 2 aromatic heterocycles. The van der Waals surface area contributed by atoms with Gasteiger partial charge in [-0.05, 0) is 44.4 Å². The number of halogens is 7. The van der Waals surface area contributed by atoms with Crippen LogP contribution in [-0.2, 0) is 31.5 Å². The van der Waals surface area contributed by atoms with Crippen LogP contribution in [0, 0.1) is 0 Å². The van der Waals surface area contributed by atoms with Gasteiger partial charge in [0.15, 0.2) is 10.9 Å². The lowest BCUT2D eigenvalue weighted by Gasteiger charge is -2.37. The summed E-state index contributed by atoms with van der Waals surface area (Å²) in [4.78, 5) is 43.9. The first-order chi connectivity index (χ1) is 26.9. The van der Waals surface area contributed by atoms with E-state index in [1.165, 1.54) is 23.1 Å². The van der Waals surface area contributed by atoms with Crippen molar-refractivity contribution in [2.45, 2.75) is 70.8 Å². The molecular formula is C34H46ClF6N9O5S. The van der Waals surface area contributed by atoms with Gasteiger partial charge in [0.2, 0.25) is 11.9 Å². The summed E-state index contributed by atoms with van der Waals surface area (Å²) >= 11 is 6.37. The number of benzene rings is 1. The van der Waals surface area contributed by atoms with Crippen molar-refractivity contribution >= 4 is 63.7 Å². The molecule has 5 heterocycles. The second kappa shape index (κ2) is 22.0. The smallest absolute Gasteiger partial charge is 0.418 e. The normalized spacial score (nSPS) is 18.8. The zero-order valence-electron chi connectivity index (χ0n) is 31.2. The maximum absolute atomic E-state index is 14.4. The second-order valence-electron chi connectivity index (χ2n) is 12.3. The molecule has 2 amide bonds. The number of hydrogen-bond donors (Lipinski definition) is 2. The van der Waals surface area contributed by atoms with E-state index < -0.39 is 47.2 Å². The fourth-order valence-corrected chi connectivity index (χ4v) is 7.95. The molecule has 3 aliphatic rings. The number of rotatable bonds is 11. The van der Waals surface area contributed by atoms with E-state index >= 15 is 0 Å². The minimum atomic E-state index is -4.69. The maximum atomic E-state index is 14.4. The topological polar surface area (TPSA) is 155 Å². The van der Waals surface area contributed by atoms with E-state index in [4.69, 9.17) is 16.4 Å². The van der Waals surface area contributed by atoms with Crippen LogP contribution in [-0.4, -0.2) is 123 Å². The van der Waals surface area contributed by atoms with Gasteiger partial charge >= 0.3 is 12.8 Å². The first-order valence-electron chi connectivity index (χ1n) is 17.8. The molecule has 3 saturated heterocycles. The standard InChI is InChI=1S/C30H35ClF5N9O4S.C2H6.CH3F.CH2O/c31-26-20-14-24(21(30(34,35)36)15-23(20)45(41-26)22-2-3-25(46)40-27(22)47)43-11-9-42(10-12-43)6-1-13-50(48)44-7-4-18(5-8-44)39-29-37-16-19(17-38-29)49-28(32)33;3*1-2/h14-18,22,28H,1-13H2,(H,37,38,39)(H,40,46,47);1-2H3;1H3;1H2. The van der Waals surface area contributed by atoms with Crippen molar-refractivity contribution in [3.63, 3.8) is 0 Å². The van der Waals surface area contributed by atoms with E-state index in [0.29, 0.717) is 84.0 Å². The van der Waals surface area contributed by atoms with Gasteiger partial charge in [-0.15, -0.1) is 0 Å². The minimum Gasteiger partial charge on any atom is -0.432 e. The van der Waals surface area contributed by atoms with Crippen molar-refractivity contribution < 1.29 is 49.7 Å². The average molecular weight is 842 g/mol. The predicted molar refractivity (Wildman–Crippen MR) is 200 cm³/mol. The van der Waals surface area contributed by atoms with Gasteiger partial charge in [-0.25, -0.2) is 18.5 Å². The number of carbonyl (C=O) groups excluding carboxylic acids is 3. The number of nitrogens with zero attached hydrogens (tertiary/aromatic N) is 7. The van der Waals surface area contributed by atoms with Crippen LogP contribution in [0.15, 0.2) is 24.5 Å². The van der Waals surface area contributed by atoms with Crippen molar-refractivity contribution in [3.05, 3.63) is 35.2 Å². The Hall–Kier alpha value is -4.08. The maximum Gasteiger partial charge on any atom is 0.418 e. The zero-order chi connectivity index (χ0) is 41.6. The molecule has 0 saturated carbocycles. The molecule has 2 N–H and O–H groups in total. The first kappa shape index (κ1) is 46.3. The van der Waals surface area contributed by atoms with E-state index in [2.05, 4.69) is 35.3 Å². The Kier molecular flexibility index (Phi) is 18.2. The molecule has 3 fully saturated rings. The van der Waals surface area contributed by atoms with Crippen LogP contribution in [0.1, 0.15) is 57.6 Å². The number of hydrogen-bond acceptors (Lipinski definition) is 11. The van der Waals surface area contributed by atoms with Crippen molar-refractivity contribution in [2.24, 2.45) is 0 Å². The summed E-state index contributed by atoms with van der Waals surface area (Å²) in [6.07, 6.45) is -0.161. The highest BCUT2D eigenvalue weighted by Crippen LogP contribution is 2.42. The number of aromatic nitrogens is 4. The number of ether oxygens (including phenoxy) is 1. The molecule has 56 heavy (non-hydrogen) atoms. The Morgan fingerprint density at radius 1 is 1.02 bits per heavy atom. The van der Waals surface area contributed by atoms with Crippen LogP contribution < -0.4 is 20.3 Å². The Bertz CT molecular complexity index is 1740. The molecule has 0 aliphatic carbocycles. The molecule has 3 aliphatic heterocycles. The number of imide groups is 1. The number of piperidine rings is 2. The first-order valence-corrected chi connectivity index (χ1v) is 19.4. The molecule has 14 nitrogen and oxygen atoms in total. The summed E-state index contributed by atoms with van der Waals surface area (Å²) < 4.78 is 97.6. The summed E-state index contributed by atoms with van der Waals surface area (Å²) in [6.45, 7) is 6.58. The van der Waals surface area contributed by atoms with Gasteiger partial charge < -0.3 is 19.7 Å².